The molecule has 4 nitrogen and oxygen atoms in total. The number of nitrogens with zero attached hydrogens (tertiary/aromatic N) is 2. The second-order valence-electron chi connectivity index (χ2n) is 3.63. The van der Waals surface area contributed by atoms with Crippen molar-refractivity contribution >= 4 is 11.6 Å². The molecule has 0 fully saturated rings. The maximum atomic E-state index is 5.62. The Morgan fingerprint density at radius 2 is 2.12 bits per heavy atom. The van der Waals surface area contributed by atoms with Gasteiger partial charge in [0.25, 0.3) is 5.89 Å². The van der Waals surface area contributed by atoms with E-state index >= 15 is 0 Å². The van der Waals surface area contributed by atoms with Crippen molar-refractivity contribution in [1.82, 2.24) is 10.1 Å². The number of hydrogen-bond donors (Lipinski definition) is 0. The number of ether oxygens (including phenoxy) is 1. The third-order valence-electron chi connectivity index (χ3n) is 2.56. The van der Waals surface area contributed by atoms with Crippen LogP contribution in [0.3, 0.4) is 0 Å². The molecule has 1 aliphatic rings. The minimum Gasteiger partial charge on any atom is -0.372 e. The molecule has 0 amide bonds. The molecule has 3 rings (SSSR count). The SMILES string of the molecule is ClCc1noc(-c2ccc3c(c2)COC3)n1. The van der Waals surface area contributed by atoms with Crippen LogP contribution in [0, 0.1) is 0 Å². The lowest BCUT2D eigenvalue weighted by atomic mass is 10.1. The Bertz CT molecular complexity index is 524. The van der Waals surface area contributed by atoms with Gasteiger partial charge in [0.2, 0.25) is 0 Å². The van der Waals surface area contributed by atoms with Crippen LogP contribution in [0.5, 0.6) is 0 Å². The Kier molecular flexibility index (Phi) is 2.38. The lowest BCUT2D eigenvalue weighted by Crippen LogP contribution is -1.85. The van der Waals surface area contributed by atoms with Crippen molar-refractivity contribution in [1.29, 1.82) is 0 Å². The number of hydrogen-bond acceptors (Lipinski definition) is 4. The first-order valence-corrected chi connectivity index (χ1v) is 5.49. The molecule has 0 radical (unpaired) electrons. The van der Waals surface area contributed by atoms with E-state index in [1.165, 1.54) is 11.1 Å². The van der Waals surface area contributed by atoms with Crippen molar-refractivity contribution < 1.29 is 9.26 Å². The third kappa shape index (κ3) is 1.60. The molecule has 0 spiro atoms. The number of aromatic nitrogens is 2. The molecule has 1 aliphatic heterocycles. The predicted molar refractivity (Wildman–Crippen MR) is 57.8 cm³/mol. The van der Waals surface area contributed by atoms with E-state index in [1.807, 2.05) is 18.2 Å². The summed E-state index contributed by atoms with van der Waals surface area (Å²) in [6.07, 6.45) is 0. The molecular formula is C11H9ClN2O2. The van der Waals surface area contributed by atoms with Gasteiger partial charge in [-0.1, -0.05) is 11.2 Å². The summed E-state index contributed by atoms with van der Waals surface area (Å²) in [6.45, 7) is 1.34. The fourth-order valence-corrected chi connectivity index (χ4v) is 1.84. The van der Waals surface area contributed by atoms with Crippen LogP contribution in [-0.2, 0) is 23.8 Å². The van der Waals surface area contributed by atoms with Crippen molar-refractivity contribution in [2.24, 2.45) is 0 Å². The lowest BCUT2D eigenvalue weighted by Gasteiger charge is -1.98. The van der Waals surface area contributed by atoms with Crippen molar-refractivity contribution in [3.63, 3.8) is 0 Å². The van der Waals surface area contributed by atoms with Crippen molar-refractivity contribution in [3.8, 4) is 11.5 Å². The van der Waals surface area contributed by atoms with Crippen LogP contribution in [0.25, 0.3) is 11.5 Å². The number of alkyl halides is 1. The van der Waals surface area contributed by atoms with Crippen molar-refractivity contribution in [3.05, 3.63) is 35.2 Å². The van der Waals surface area contributed by atoms with E-state index in [4.69, 9.17) is 20.9 Å². The summed E-state index contributed by atoms with van der Waals surface area (Å²) in [5, 5.41) is 3.76. The van der Waals surface area contributed by atoms with Crippen LogP contribution in [0.15, 0.2) is 22.7 Å². The summed E-state index contributed by atoms with van der Waals surface area (Å²) < 4.78 is 10.5. The molecule has 82 valence electrons. The van der Waals surface area contributed by atoms with E-state index < -0.39 is 0 Å². The van der Waals surface area contributed by atoms with Crippen molar-refractivity contribution in [2.75, 3.05) is 0 Å². The van der Waals surface area contributed by atoms with Gasteiger partial charge in [0.1, 0.15) is 0 Å². The molecule has 2 aromatic rings. The Morgan fingerprint density at radius 3 is 2.94 bits per heavy atom. The molecule has 0 unspecified atom stereocenters. The maximum Gasteiger partial charge on any atom is 0.257 e. The second-order valence-corrected chi connectivity index (χ2v) is 3.89. The average molecular weight is 237 g/mol. The third-order valence-corrected chi connectivity index (χ3v) is 2.80. The van der Waals surface area contributed by atoms with Gasteiger partial charge in [-0.25, -0.2) is 0 Å². The summed E-state index contributed by atoms with van der Waals surface area (Å²) in [5.41, 5.74) is 3.32. The minimum atomic E-state index is 0.261. The van der Waals surface area contributed by atoms with Crippen LogP contribution in [0.4, 0.5) is 0 Å². The summed E-state index contributed by atoms with van der Waals surface area (Å²) >= 11 is 5.62. The van der Waals surface area contributed by atoms with Crippen LogP contribution in [-0.4, -0.2) is 10.1 Å². The predicted octanol–water partition coefficient (Wildman–Crippen LogP) is 2.51. The summed E-state index contributed by atoms with van der Waals surface area (Å²) in [6, 6.07) is 6.01. The van der Waals surface area contributed by atoms with Crippen LogP contribution >= 0.6 is 11.6 Å². The van der Waals surface area contributed by atoms with E-state index in [-0.39, 0.29) is 5.88 Å². The number of halogens is 1. The normalized spacial score (nSPS) is 14.1. The zero-order chi connectivity index (χ0) is 11.0. The zero-order valence-corrected chi connectivity index (χ0v) is 9.20. The van der Waals surface area contributed by atoms with Gasteiger partial charge >= 0.3 is 0 Å². The highest BCUT2D eigenvalue weighted by Crippen LogP contribution is 2.26. The van der Waals surface area contributed by atoms with Gasteiger partial charge in [0, 0.05) is 5.56 Å². The van der Waals surface area contributed by atoms with E-state index in [1.54, 1.807) is 0 Å². The first-order valence-electron chi connectivity index (χ1n) is 4.95. The lowest BCUT2D eigenvalue weighted by molar-refractivity contribution is 0.134. The molecule has 5 heteroatoms. The molecule has 0 saturated carbocycles. The highest BCUT2D eigenvalue weighted by atomic mass is 35.5. The Labute approximate surface area is 97.2 Å². The number of rotatable bonds is 2. The topological polar surface area (TPSA) is 48.2 Å². The smallest absolute Gasteiger partial charge is 0.257 e. The molecule has 1 aromatic heterocycles. The van der Waals surface area contributed by atoms with E-state index in [2.05, 4.69) is 10.1 Å². The average Bonchev–Trinajstić information content (AvgIpc) is 2.96. The molecule has 16 heavy (non-hydrogen) atoms. The minimum absolute atomic E-state index is 0.261. The van der Waals surface area contributed by atoms with Gasteiger partial charge < -0.3 is 9.26 Å². The molecule has 0 saturated heterocycles. The second kappa shape index (κ2) is 3.88. The number of benzene rings is 1. The largest absolute Gasteiger partial charge is 0.372 e. The van der Waals surface area contributed by atoms with Gasteiger partial charge in [0.15, 0.2) is 5.82 Å². The fourth-order valence-electron chi connectivity index (χ4n) is 1.73. The molecular weight excluding hydrogens is 228 g/mol. The van der Waals surface area contributed by atoms with Gasteiger partial charge in [-0.3, -0.25) is 0 Å². The van der Waals surface area contributed by atoms with Crippen LogP contribution in [0.2, 0.25) is 0 Å². The Hall–Kier alpha value is -1.39. The molecule has 0 aliphatic carbocycles. The highest BCUT2D eigenvalue weighted by Gasteiger charge is 2.14. The molecule has 2 heterocycles. The van der Waals surface area contributed by atoms with E-state index in [9.17, 15) is 0 Å². The van der Waals surface area contributed by atoms with Gasteiger partial charge in [-0.05, 0) is 23.3 Å². The van der Waals surface area contributed by atoms with Gasteiger partial charge in [-0.15, -0.1) is 11.6 Å². The summed E-state index contributed by atoms with van der Waals surface area (Å²) in [7, 11) is 0. The quantitative estimate of drug-likeness (QED) is 0.752. The van der Waals surface area contributed by atoms with Gasteiger partial charge in [0.05, 0.1) is 19.1 Å². The zero-order valence-electron chi connectivity index (χ0n) is 8.44. The first kappa shape index (κ1) is 9.81. The highest BCUT2D eigenvalue weighted by molar-refractivity contribution is 6.16. The molecule has 0 bridgehead atoms. The van der Waals surface area contributed by atoms with E-state index in [0.29, 0.717) is 24.9 Å². The van der Waals surface area contributed by atoms with Crippen LogP contribution < -0.4 is 0 Å². The number of fused-ring (bicyclic) bond motifs is 1. The standard InChI is InChI=1S/C11H9ClN2O2/c12-4-10-13-11(16-14-10)7-1-2-8-5-15-6-9(8)3-7/h1-3H,4-6H2. The molecule has 0 atom stereocenters. The maximum absolute atomic E-state index is 5.62. The Morgan fingerprint density at radius 1 is 1.25 bits per heavy atom. The van der Waals surface area contributed by atoms with Gasteiger partial charge in [-0.2, -0.15) is 4.98 Å². The summed E-state index contributed by atoms with van der Waals surface area (Å²) in [4.78, 5) is 4.17. The van der Waals surface area contributed by atoms with E-state index in [0.717, 1.165) is 5.56 Å². The summed E-state index contributed by atoms with van der Waals surface area (Å²) in [5.74, 6) is 1.27. The molecule has 0 N–H and O–H groups in total. The van der Waals surface area contributed by atoms with Crippen molar-refractivity contribution in [2.45, 2.75) is 19.1 Å². The fraction of sp³-hybridized carbons (Fsp3) is 0.273. The molecule has 1 aromatic carbocycles. The Balaban J connectivity index is 2.00. The van der Waals surface area contributed by atoms with Crippen LogP contribution in [0.1, 0.15) is 17.0 Å². The monoisotopic (exact) mass is 236 g/mol. The first-order chi connectivity index (χ1) is 7.86.